The van der Waals surface area contributed by atoms with Crippen molar-refractivity contribution in [2.24, 2.45) is 5.73 Å². The maximum absolute atomic E-state index is 13.7. The van der Waals surface area contributed by atoms with Crippen LogP contribution in [0.4, 0.5) is 20.2 Å². The Bertz CT molecular complexity index is 1160. The van der Waals surface area contributed by atoms with Crippen LogP contribution in [0.3, 0.4) is 0 Å². The van der Waals surface area contributed by atoms with E-state index in [0.29, 0.717) is 15.0 Å². The third-order valence-electron chi connectivity index (χ3n) is 3.95. The maximum atomic E-state index is 13.7. The number of rotatable bonds is 9. The molecule has 0 saturated heterocycles. The summed E-state index contributed by atoms with van der Waals surface area (Å²) in [6.07, 6.45) is 0. The lowest BCUT2D eigenvalue weighted by Gasteiger charge is -2.06. The van der Waals surface area contributed by atoms with E-state index < -0.39 is 23.6 Å². The number of anilines is 3. The van der Waals surface area contributed by atoms with E-state index >= 15 is 0 Å². The molecule has 2 aromatic heterocycles. The number of benzene rings is 1. The molecular formula is C19H18FN5O4S3. The number of thioether (sulfide) groups is 1. The molecule has 0 saturated carbocycles. The molecule has 0 aliphatic rings. The summed E-state index contributed by atoms with van der Waals surface area (Å²) < 4.78 is 19.2. The van der Waals surface area contributed by atoms with E-state index in [9.17, 15) is 18.8 Å². The molecule has 3 rings (SSSR count). The minimum absolute atomic E-state index is 0.0283. The van der Waals surface area contributed by atoms with Crippen LogP contribution >= 0.6 is 34.4 Å². The minimum Gasteiger partial charge on any atom is -0.462 e. The lowest BCUT2D eigenvalue weighted by atomic mass is 10.1. The number of primary amides is 1. The number of hydrogen-bond donors (Lipinski definition) is 3. The molecule has 32 heavy (non-hydrogen) atoms. The fourth-order valence-corrected chi connectivity index (χ4v) is 5.20. The molecule has 0 aliphatic heterocycles. The Morgan fingerprint density at radius 1 is 1.22 bits per heavy atom. The number of nitrogens with one attached hydrogen (secondary N) is 2. The molecule has 3 aromatic rings. The van der Waals surface area contributed by atoms with Gasteiger partial charge in [-0.3, -0.25) is 9.59 Å². The van der Waals surface area contributed by atoms with E-state index in [1.807, 2.05) is 0 Å². The smallest absolute Gasteiger partial charge is 0.341 e. The number of thiophene rings is 1. The molecular weight excluding hydrogens is 477 g/mol. The summed E-state index contributed by atoms with van der Waals surface area (Å²) in [6, 6.07) is 6.16. The summed E-state index contributed by atoms with van der Waals surface area (Å²) in [7, 11) is 0. The van der Waals surface area contributed by atoms with Crippen LogP contribution in [0.1, 0.15) is 32.5 Å². The molecule has 0 radical (unpaired) electrons. The van der Waals surface area contributed by atoms with Gasteiger partial charge in [0.25, 0.3) is 5.91 Å². The van der Waals surface area contributed by atoms with Crippen LogP contribution in [0.25, 0.3) is 0 Å². The third kappa shape index (κ3) is 5.60. The van der Waals surface area contributed by atoms with Gasteiger partial charge in [-0.2, -0.15) is 0 Å². The highest BCUT2D eigenvalue weighted by Crippen LogP contribution is 2.34. The normalized spacial score (nSPS) is 10.6. The highest BCUT2D eigenvalue weighted by Gasteiger charge is 2.25. The highest BCUT2D eigenvalue weighted by atomic mass is 32.2. The van der Waals surface area contributed by atoms with Gasteiger partial charge in [-0.15, -0.1) is 21.5 Å². The monoisotopic (exact) mass is 495 g/mol. The Labute approximate surface area is 194 Å². The first-order valence-corrected chi connectivity index (χ1v) is 11.8. The molecule has 0 atom stereocenters. The van der Waals surface area contributed by atoms with Crippen LogP contribution in [0.15, 0.2) is 28.6 Å². The van der Waals surface area contributed by atoms with E-state index in [0.717, 1.165) is 34.4 Å². The first kappa shape index (κ1) is 23.6. The first-order valence-electron chi connectivity index (χ1n) is 9.18. The summed E-state index contributed by atoms with van der Waals surface area (Å²) in [5.41, 5.74) is 6.09. The molecule has 4 N–H and O–H groups in total. The van der Waals surface area contributed by atoms with E-state index in [1.165, 1.54) is 6.07 Å². The number of hydrogen-bond acceptors (Lipinski definition) is 10. The predicted octanol–water partition coefficient (Wildman–Crippen LogP) is 3.80. The zero-order valence-electron chi connectivity index (χ0n) is 16.9. The largest absolute Gasteiger partial charge is 0.462 e. The van der Waals surface area contributed by atoms with Gasteiger partial charge >= 0.3 is 5.97 Å². The van der Waals surface area contributed by atoms with Crippen LogP contribution in [0.5, 0.6) is 0 Å². The van der Waals surface area contributed by atoms with Gasteiger partial charge in [0.2, 0.25) is 11.0 Å². The lowest BCUT2D eigenvalue weighted by Crippen LogP contribution is -2.16. The topological polar surface area (TPSA) is 136 Å². The van der Waals surface area contributed by atoms with Gasteiger partial charge in [-0.1, -0.05) is 35.2 Å². The standard InChI is InChI=1S/C19H18FN5O4S3/c1-3-29-17(28)13-9(2)14(15(21)27)31-16(13)23-12(26)8-30-19-25-24-18(32-19)22-11-7-5-4-6-10(11)20/h4-7H,3,8H2,1-2H3,(H2,21,27)(H,22,24)(H,23,26). The van der Waals surface area contributed by atoms with E-state index in [2.05, 4.69) is 20.8 Å². The number of carbonyl (C=O) groups excluding carboxylic acids is 3. The number of amides is 2. The van der Waals surface area contributed by atoms with Gasteiger partial charge in [0.05, 0.1) is 28.5 Å². The molecule has 0 unspecified atom stereocenters. The predicted molar refractivity (Wildman–Crippen MR) is 122 cm³/mol. The van der Waals surface area contributed by atoms with Crippen LogP contribution in [0, 0.1) is 12.7 Å². The van der Waals surface area contributed by atoms with Crippen LogP contribution in [-0.4, -0.2) is 40.3 Å². The summed E-state index contributed by atoms with van der Waals surface area (Å²) in [5.74, 6) is -2.22. The van der Waals surface area contributed by atoms with Gasteiger partial charge < -0.3 is 21.1 Å². The zero-order valence-corrected chi connectivity index (χ0v) is 19.4. The van der Waals surface area contributed by atoms with Crippen molar-refractivity contribution in [2.75, 3.05) is 23.0 Å². The molecule has 13 heteroatoms. The Morgan fingerprint density at radius 3 is 2.66 bits per heavy atom. The van der Waals surface area contributed by atoms with Crippen LogP contribution < -0.4 is 16.4 Å². The number of nitrogens with two attached hydrogens (primary N) is 1. The Hall–Kier alpha value is -3.03. The van der Waals surface area contributed by atoms with E-state index in [4.69, 9.17) is 10.5 Å². The molecule has 0 bridgehead atoms. The van der Waals surface area contributed by atoms with Crippen molar-refractivity contribution in [3.63, 3.8) is 0 Å². The Morgan fingerprint density at radius 2 is 1.97 bits per heavy atom. The molecule has 0 fully saturated rings. The van der Waals surface area contributed by atoms with E-state index in [1.54, 1.807) is 32.0 Å². The molecule has 2 heterocycles. The van der Waals surface area contributed by atoms with Crippen LogP contribution in [-0.2, 0) is 9.53 Å². The van der Waals surface area contributed by atoms with Crippen molar-refractivity contribution >= 4 is 68.0 Å². The summed E-state index contributed by atoms with van der Waals surface area (Å²) in [4.78, 5) is 36.5. The van der Waals surface area contributed by atoms with Gasteiger partial charge in [-0.05, 0) is 31.5 Å². The second-order valence-electron chi connectivity index (χ2n) is 6.16. The second kappa shape index (κ2) is 10.5. The average molecular weight is 496 g/mol. The van der Waals surface area contributed by atoms with Gasteiger partial charge in [0.1, 0.15) is 10.8 Å². The number of esters is 1. The average Bonchev–Trinajstić information content (AvgIpc) is 3.32. The summed E-state index contributed by atoms with van der Waals surface area (Å²) in [5, 5.41) is 13.9. The fraction of sp³-hybridized carbons (Fsp3) is 0.211. The Balaban J connectivity index is 1.65. The van der Waals surface area contributed by atoms with E-state index in [-0.39, 0.29) is 33.5 Å². The zero-order chi connectivity index (χ0) is 23.3. The number of aromatic nitrogens is 2. The number of nitrogens with zero attached hydrogens (tertiary/aromatic N) is 2. The molecule has 168 valence electrons. The Kier molecular flexibility index (Phi) is 7.77. The number of ether oxygens (including phenoxy) is 1. The van der Waals surface area contributed by atoms with Crippen molar-refractivity contribution in [2.45, 2.75) is 18.2 Å². The fourth-order valence-electron chi connectivity index (χ4n) is 2.57. The maximum Gasteiger partial charge on any atom is 0.341 e. The molecule has 0 spiro atoms. The molecule has 1 aromatic carbocycles. The number of carbonyl (C=O) groups is 3. The minimum atomic E-state index is -0.698. The summed E-state index contributed by atoms with van der Waals surface area (Å²) >= 11 is 3.20. The quantitative estimate of drug-likeness (QED) is 0.301. The van der Waals surface area contributed by atoms with Gasteiger partial charge in [-0.25, -0.2) is 9.18 Å². The van der Waals surface area contributed by atoms with Gasteiger partial charge in [0, 0.05) is 0 Å². The summed E-state index contributed by atoms with van der Waals surface area (Å²) in [6.45, 7) is 3.36. The molecule has 9 nitrogen and oxygen atoms in total. The van der Waals surface area contributed by atoms with Crippen molar-refractivity contribution in [1.82, 2.24) is 10.2 Å². The third-order valence-corrected chi connectivity index (χ3v) is 7.15. The molecule has 2 amide bonds. The number of halogens is 1. The van der Waals surface area contributed by atoms with Crippen molar-refractivity contribution in [3.05, 3.63) is 46.1 Å². The molecule has 0 aliphatic carbocycles. The second-order valence-corrected chi connectivity index (χ2v) is 9.38. The van der Waals surface area contributed by atoms with Crippen LogP contribution in [0.2, 0.25) is 0 Å². The van der Waals surface area contributed by atoms with Crippen molar-refractivity contribution in [1.29, 1.82) is 0 Å². The highest BCUT2D eigenvalue weighted by molar-refractivity contribution is 8.01. The van der Waals surface area contributed by atoms with Crippen molar-refractivity contribution < 1.29 is 23.5 Å². The SMILES string of the molecule is CCOC(=O)c1c(NC(=O)CSc2nnc(Nc3ccccc3F)s2)sc(C(N)=O)c1C. The lowest BCUT2D eigenvalue weighted by molar-refractivity contribution is -0.113. The number of para-hydroxylation sites is 1. The van der Waals surface area contributed by atoms with Crippen molar-refractivity contribution in [3.8, 4) is 0 Å². The van der Waals surface area contributed by atoms with Gasteiger partial charge in [0.15, 0.2) is 4.34 Å². The first-order chi connectivity index (χ1) is 15.3.